The Hall–Kier alpha value is -1.62. The molecule has 2 aromatic heterocycles. The first kappa shape index (κ1) is 14.3. The van der Waals surface area contributed by atoms with E-state index in [2.05, 4.69) is 5.10 Å². The van der Waals surface area contributed by atoms with Gasteiger partial charge in [-0.3, -0.25) is 4.79 Å². The number of rotatable bonds is 3. The zero-order valence-electron chi connectivity index (χ0n) is 12.1. The van der Waals surface area contributed by atoms with Crippen molar-refractivity contribution < 1.29 is 4.79 Å². The van der Waals surface area contributed by atoms with Crippen molar-refractivity contribution in [3.8, 4) is 0 Å². The van der Waals surface area contributed by atoms with Gasteiger partial charge in [-0.25, -0.2) is 9.50 Å². The molecule has 1 saturated heterocycles. The van der Waals surface area contributed by atoms with Gasteiger partial charge in [0.05, 0.1) is 5.69 Å². The number of fused-ring (bicyclic) bond motifs is 1. The molecule has 2 aromatic rings. The average Bonchev–Trinajstić information content (AvgIpc) is 2.86. The Bertz CT molecular complexity index is 646. The minimum Gasteiger partial charge on any atom is -0.343 e. The summed E-state index contributed by atoms with van der Waals surface area (Å²) in [5.74, 6) is 0.987. The molecule has 5 nitrogen and oxygen atoms in total. The zero-order valence-corrected chi connectivity index (χ0v) is 12.9. The summed E-state index contributed by atoms with van der Waals surface area (Å²) in [6.45, 7) is 3.56. The van der Waals surface area contributed by atoms with Gasteiger partial charge in [0.25, 0.3) is 0 Å². The molecule has 0 unspecified atom stereocenters. The summed E-state index contributed by atoms with van der Waals surface area (Å²) in [6, 6.07) is 4.03. The summed E-state index contributed by atoms with van der Waals surface area (Å²) in [4.78, 5) is 18.5. The van der Waals surface area contributed by atoms with Crippen molar-refractivity contribution in [3.63, 3.8) is 0 Å². The number of piperidine rings is 1. The third kappa shape index (κ3) is 3.02. The van der Waals surface area contributed by atoms with Crippen LogP contribution in [0.15, 0.2) is 18.3 Å². The standard InChI is InChI=1S/C15H19ClN4O/c1-11-10-14-17-13(5-9-20(14)18-11)12-3-7-19(8-4-12)15(21)2-6-16/h5,9-10,12H,2-4,6-8H2,1H3. The maximum Gasteiger partial charge on any atom is 0.223 e. The molecule has 0 aromatic carbocycles. The second-order valence-corrected chi connectivity index (χ2v) is 5.91. The quantitative estimate of drug-likeness (QED) is 0.818. The van der Waals surface area contributed by atoms with Crippen LogP contribution in [-0.4, -0.2) is 44.4 Å². The Morgan fingerprint density at radius 1 is 1.43 bits per heavy atom. The van der Waals surface area contributed by atoms with Crippen molar-refractivity contribution in [2.24, 2.45) is 0 Å². The molecule has 6 heteroatoms. The highest BCUT2D eigenvalue weighted by atomic mass is 35.5. The van der Waals surface area contributed by atoms with E-state index < -0.39 is 0 Å². The van der Waals surface area contributed by atoms with Gasteiger partial charge >= 0.3 is 0 Å². The largest absolute Gasteiger partial charge is 0.343 e. The van der Waals surface area contributed by atoms with Crippen molar-refractivity contribution in [2.45, 2.75) is 32.1 Å². The first-order valence-electron chi connectivity index (χ1n) is 7.34. The molecule has 0 saturated carbocycles. The third-order valence-electron chi connectivity index (χ3n) is 4.04. The van der Waals surface area contributed by atoms with Gasteiger partial charge in [-0.2, -0.15) is 5.10 Å². The normalized spacial score (nSPS) is 16.6. The van der Waals surface area contributed by atoms with Crippen molar-refractivity contribution in [1.29, 1.82) is 0 Å². The third-order valence-corrected chi connectivity index (χ3v) is 4.23. The predicted octanol–water partition coefficient (Wildman–Crippen LogP) is 2.37. The molecule has 3 heterocycles. The van der Waals surface area contributed by atoms with Crippen LogP contribution >= 0.6 is 11.6 Å². The highest BCUT2D eigenvalue weighted by Crippen LogP contribution is 2.27. The van der Waals surface area contributed by atoms with Crippen LogP contribution in [0.4, 0.5) is 0 Å². The molecular weight excluding hydrogens is 288 g/mol. The first-order chi connectivity index (χ1) is 10.2. The van der Waals surface area contributed by atoms with Crippen LogP contribution < -0.4 is 0 Å². The lowest BCUT2D eigenvalue weighted by molar-refractivity contribution is -0.131. The van der Waals surface area contributed by atoms with Crippen LogP contribution in [-0.2, 0) is 4.79 Å². The molecule has 0 aliphatic carbocycles. The Morgan fingerprint density at radius 2 is 2.19 bits per heavy atom. The smallest absolute Gasteiger partial charge is 0.223 e. The minimum absolute atomic E-state index is 0.165. The lowest BCUT2D eigenvalue weighted by atomic mass is 9.93. The number of alkyl halides is 1. The second-order valence-electron chi connectivity index (χ2n) is 5.53. The number of aromatic nitrogens is 3. The molecule has 0 spiro atoms. The molecule has 1 aliphatic rings. The summed E-state index contributed by atoms with van der Waals surface area (Å²) < 4.78 is 1.80. The first-order valence-corrected chi connectivity index (χ1v) is 7.87. The number of likely N-dealkylation sites (tertiary alicyclic amines) is 1. The fourth-order valence-electron chi connectivity index (χ4n) is 2.90. The van der Waals surface area contributed by atoms with Crippen molar-refractivity contribution >= 4 is 23.2 Å². The molecule has 0 atom stereocenters. The second kappa shape index (κ2) is 6.02. The highest BCUT2D eigenvalue weighted by molar-refractivity contribution is 6.18. The molecule has 1 aliphatic heterocycles. The van der Waals surface area contributed by atoms with Gasteiger partial charge in [0.2, 0.25) is 5.91 Å². The van der Waals surface area contributed by atoms with E-state index in [1.54, 1.807) is 4.52 Å². The SMILES string of the molecule is Cc1cc2nc(C3CCN(C(=O)CCCl)CC3)ccn2n1. The molecule has 21 heavy (non-hydrogen) atoms. The van der Waals surface area contributed by atoms with Crippen molar-refractivity contribution in [2.75, 3.05) is 19.0 Å². The molecule has 0 bridgehead atoms. The number of carbonyl (C=O) groups is 1. The lowest BCUT2D eigenvalue weighted by Crippen LogP contribution is -2.38. The number of hydrogen-bond donors (Lipinski definition) is 0. The van der Waals surface area contributed by atoms with Crippen LogP contribution in [0.5, 0.6) is 0 Å². The van der Waals surface area contributed by atoms with Gasteiger partial charge in [0.1, 0.15) is 0 Å². The summed E-state index contributed by atoms with van der Waals surface area (Å²) in [7, 11) is 0. The molecule has 112 valence electrons. The lowest BCUT2D eigenvalue weighted by Gasteiger charge is -2.31. The van der Waals surface area contributed by atoms with Crippen LogP contribution in [0.25, 0.3) is 5.65 Å². The number of hydrogen-bond acceptors (Lipinski definition) is 3. The Kier molecular flexibility index (Phi) is 4.10. The Labute approximate surface area is 128 Å². The molecule has 0 N–H and O–H groups in total. The number of halogens is 1. The predicted molar refractivity (Wildman–Crippen MR) is 81.6 cm³/mol. The summed E-state index contributed by atoms with van der Waals surface area (Å²) in [5.41, 5.74) is 2.97. The zero-order chi connectivity index (χ0) is 14.8. The fraction of sp³-hybridized carbons (Fsp3) is 0.533. The van der Waals surface area contributed by atoms with E-state index in [1.165, 1.54) is 0 Å². The van der Waals surface area contributed by atoms with E-state index >= 15 is 0 Å². The number of amides is 1. The summed E-state index contributed by atoms with van der Waals surface area (Å²) in [5, 5.41) is 4.34. The summed E-state index contributed by atoms with van der Waals surface area (Å²) >= 11 is 5.63. The number of carbonyl (C=O) groups excluding carboxylic acids is 1. The van der Waals surface area contributed by atoms with E-state index in [4.69, 9.17) is 16.6 Å². The van der Waals surface area contributed by atoms with E-state index in [0.29, 0.717) is 18.2 Å². The molecule has 0 radical (unpaired) electrons. The molecule has 1 fully saturated rings. The fourth-order valence-corrected chi connectivity index (χ4v) is 3.07. The van der Waals surface area contributed by atoms with E-state index in [-0.39, 0.29) is 5.91 Å². The Balaban J connectivity index is 1.69. The van der Waals surface area contributed by atoms with Crippen LogP contribution in [0, 0.1) is 6.92 Å². The number of aryl methyl sites for hydroxylation is 1. The van der Waals surface area contributed by atoms with Crippen molar-refractivity contribution in [3.05, 3.63) is 29.7 Å². The Morgan fingerprint density at radius 3 is 2.90 bits per heavy atom. The topological polar surface area (TPSA) is 50.5 Å². The van der Waals surface area contributed by atoms with Crippen LogP contribution in [0.2, 0.25) is 0 Å². The molecule has 3 rings (SSSR count). The minimum atomic E-state index is 0.165. The molecular formula is C15H19ClN4O. The van der Waals surface area contributed by atoms with Gasteiger partial charge in [-0.05, 0) is 25.8 Å². The van der Waals surface area contributed by atoms with E-state index in [9.17, 15) is 4.79 Å². The van der Waals surface area contributed by atoms with Gasteiger partial charge in [-0.15, -0.1) is 11.6 Å². The average molecular weight is 307 g/mol. The van der Waals surface area contributed by atoms with Gasteiger partial charge in [0.15, 0.2) is 5.65 Å². The van der Waals surface area contributed by atoms with Crippen molar-refractivity contribution in [1.82, 2.24) is 19.5 Å². The van der Waals surface area contributed by atoms with E-state index in [0.717, 1.165) is 43.0 Å². The van der Waals surface area contributed by atoms with E-state index in [1.807, 2.05) is 30.2 Å². The van der Waals surface area contributed by atoms with Crippen LogP contribution in [0.1, 0.15) is 36.6 Å². The van der Waals surface area contributed by atoms with Gasteiger partial charge in [-0.1, -0.05) is 0 Å². The maximum absolute atomic E-state index is 11.8. The molecule has 1 amide bonds. The van der Waals surface area contributed by atoms with Gasteiger partial charge in [0, 0.05) is 49.3 Å². The summed E-state index contributed by atoms with van der Waals surface area (Å²) in [6.07, 6.45) is 4.33. The monoisotopic (exact) mass is 306 g/mol. The van der Waals surface area contributed by atoms with Gasteiger partial charge < -0.3 is 4.90 Å². The highest BCUT2D eigenvalue weighted by Gasteiger charge is 2.24. The maximum atomic E-state index is 11.8. The van der Waals surface area contributed by atoms with Crippen LogP contribution in [0.3, 0.4) is 0 Å². The number of nitrogens with zero attached hydrogens (tertiary/aromatic N) is 4.